The molecule has 0 atom stereocenters. The molecule has 0 amide bonds. The van der Waals surface area contributed by atoms with Gasteiger partial charge in [0.25, 0.3) is 10.0 Å². The monoisotopic (exact) mass is 303 g/mol. The van der Waals surface area contributed by atoms with Crippen LogP contribution >= 0.6 is 11.6 Å². The molecule has 0 unspecified atom stereocenters. The Hall–Kier alpha value is -1.54. The Balaban J connectivity index is 2.45. The van der Waals surface area contributed by atoms with E-state index in [1.54, 1.807) is 32.6 Å². The Morgan fingerprint density at radius 2 is 1.95 bits per heavy atom. The van der Waals surface area contributed by atoms with Gasteiger partial charge in [-0.25, -0.2) is 4.98 Å². The third-order valence-electron chi connectivity index (χ3n) is 2.83. The Morgan fingerprint density at radius 1 is 1.32 bits per heavy atom. The second-order valence-electron chi connectivity index (χ2n) is 4.23. The zero-order valence-electron chi connectivity index (χ0n) is 11.0. The van der Waals surface area contributed by atoms with E-state index in [2.05, 4.69) is 14.8 Å². The molecule has 0 aliphatic carbocycles. The van der Waals surface area contributed by atoms with Crippen LogP contribution in [0.15, 0.2) is 11.4 Å². The zero-order chi connectivity index (χ0) is 14.4. The van der Waals surface area contributed by atoms with Crippen LogP contribution in [0, 0.1) is 13.8 Å². The van der Waals surface area contributed by atoms with E-state index in [9.17, 15) is 8.42 Å². The maximum absolute atomic E-state index is 12.2. The van der Waals surface area contributed by atoms with Crippen molar-refractivity contribution in [3.8, 4) is 0 Å². The van der Waals surface area contributed by atoms with Crippen LogP contribution in [0.1, 0.15) is 11.4 Å². The first-order valence-corrected chi connectivity index (χ1v) is 7.30. The predicted octanol–water partition coefficient (Wildman–Crippen LogP) is 1.22. The quantitative estimate of drug-likeness (QED) is 0.924. The van der Waals surface area contributed by atoms with Crippen LogP contribution in [0.25, 0.3) is 0 Å². The molecule has 1 N–H and O–H groups in total. The van der Waals surface area contributed by atoms with Crippen LogP contribution in [-0.2, 0) is 24.1 Å². The van der Waals surface area contributed by atoms with Gasteiger partial charge in [0, 0.05) is 14.1 Å². The van der Waals surface area contributed by atoms with Gasteiger partial charge in [-0.3, -0.25) is 9.40 Å². The molecule has 104 valence electrons. The molecule has 19 heavy (non-hydrogen) atoms. The summed E-state index contributed by atoms with van der Waals surface area (Å²) >= 11 is 5.90. The number of hydrogen-bond acceptors (Lipinski definition) is 4. The fraction of sp³-hybridized carbons (Fsp3) is 0.400. The van der Waals surface area contributed by atoms with Crippen LogP contribution in [0.2, 0.25) is 5.15 Å². The lowest BCUT2D eigenvalue weighted by Crippen LogP contribution is -2.15. The maximum atomic E-state index is 12.2. The van der Waals surface area contributed by atoms with Gasteiger partial charge in [0.1, 0.15) is 5.15 Å². The van der Waals surface area contributed by atoms with E-state index in [4.69, 9.17) is 11.6 Å². The first-order chi connectivity index (χ1) is 8.74. The number of halogens is 1. The average Bonchev–Trinajstić information content (AvgIpc) is 2.76. The molecule has 2 aromatic heterocycles. The van der Waals surface area contributed by atoms with Gasteiger partial charge in [-0.1, -0.05) is 11.6 Å². The molecule has 0 saturated carbocycles. The van der Waals surface area contributed by atoms with E-state index < -0.39 is 10.0 Å². The molecule has 0 aliphatic rings. The van der Waals surface area contributed by atoms with Gasteiger partial charge in [0.2, 0.25) is 5.03 Å². The van der Waals surface area contributed by atoms with Crippen LogP contribution in [-0.4, -0.2) is 27.7 Å². The molecule has 0 radical (unpaired) electrons. The zero-order valence-corrected chi connectivity index (χ0v) is 12.5. The molecule has 0 bridgehead atoms. The minimum absolute atomic E-state index is 0.0618. The number of nitrogens with zero attached hydrogens (tertiary/aromatic N) is 4. The fourth-order valence-corrected chi connectivity index (χ4v) is 3.29. The van der Waals surface area contributed by atoms with Crippen molar-refractivity contribution in [3.05, 3.63) is 22.9 Å². The van der Waals surface area contributed by atoms with Crippen molar-refractivity contribution in [1.29, 1.82) is 0 Å². The van der Waals surface area contributed by atoms with E-state index in [1.807, 2.05) is 0 Å². The van der Waals surface area contributed by atoms with E-state index in [0.29, 0.717) is 17.1 Å². The predicted molar refractivity (Wildman–Crippen MR) is 71.7 cm³/mol. The second kappa shape index (κ2) is 4.53. The molecule has 9 heteroatoms. The standard InChI is InChI=1S/C10H14ClN5O2S/c1-6-8(7(2)16(4)13-6)14-19(17,18)10-9(11)15(3)5-12-10/h5,14H,1-4H3. The largest absolute Gasteiger partial charge is 0.324 e. The number of hydrogen-bond donors (Lipinski definition) is 1. The summed E-state index contributed by atoms with van der Waals surface area (Å²) in [5.74, 6) is 0. The molecular formula is C10H14ClN5O2S. The fourth-order valence-electron chi connectivity index (χ4n) is 1.68. The van der Waals surface area contributed by atoms with E-state index in [1.165, 1.54) is 10.9 Å². The summed E-state index contributed by atoms with van der Waals surface area (Å²) in [6.45, 7) is 3.50. The number of aryl methyl sites for hydroxylation is 3. The van der Waals surface area contributed by atoms with Crippen LogP contribution in [0.5, 0.6) is 0 Å². The Kier molecular flexibility index (Phi) is 3.31. The summed E-state index contributed by atoms with van der Waals surface area (Å²) < 4.78 is 30.0. The van der Waals surface area contributed by atoms with E-state index in [0.717, 1.165) is 0 Å². The number of anilines is 1. The van der Waals surface area contributed by atoms with Gasteiger partial charge in [0.05, 0.1) is 23.4 Å². The van der Waals surface area contributed by atoms with Gasteiger partial charge in [-0.05, 0) is 13.8 Å². The molecule has 0 saturated heterocycles. The highest BCUT2D eigenvalue weighted by atomic mass is 35.5. The summed E-state index contributed by atoms with van der Waals surface area (Å²) in [6, 6.07) is 0. The summed E-state index contributed by atoms with van der Waals surface area (Å²) in [5.41, 5.74) is 1.76. The third-order valence-corrected chi connectivity index (χ3v) is 4.67. The molecule has 2 heterocycles. The highest BCUT2D eigenvalue weighted by Crippen LogP contribution is 2.25. The molecule has 0 spiro atoms. The topological polar surface area (TPSA) is 81.8 Å². The van der Waals surface area contributed by atoms with Crippen molar-refractivity contribution < 1.29 is 8.42 Å². The van der Waals surface area contributed by atoms with Crippen molar-refractivity contribution in [1.82, 2.24) is 19.3 Å². The molecular weight excluding hydrogens is 290 g/mol. The third kappa shape index (κ3) is 2.33. The van der Waals surface area contributed by atoms with Gasteiger partial charge in [0.15, 0.2) is 0 Å². The van der Waals surface area contributed by atoms with Crippen molar-refractivity contribution in [2.45, 2.75) is 18.9 Å². The summed E-state index contributed by atoms with van der Waals surface area (Å²) in [5, 5.41) is 4.01. The minimum atomic E-state index is -3.82. The summed E-state index contributed by atoms with van der Waals surface area (Å²) in [7, 11) is -0.458. The summed E-state index contributed by atoms with van der Waals surface area (Å²) in [6.07, 6.45) is 1.35. The van der Waals surface area contributed by atoms with Gasteiger partial charge in [-0.2, -0.15) is 13.5 Å². The van der Waals surface area contributed by atoms with Gasteiger partial charge < -0.3 is 4.57 Å². The average molecular weight is 304 g/mol. The molecule has 0 aliphatic heterocycles. The lowest BCUT2D eigenvalue weighted by Gasteiger charge is -2.06. The number of sulfonamides is 1. The Bertz CT molecular complexity index is 731. The smallest absolute Gasteiger partial charge is 0.282 e. The van der Waals surface area contributed by atoms with Gasteiger partial charge in [-0.15, -0.1) is 0 Å². The number of imidazole rings is 1. The maximum Gasteiger partial charge on any atom is 0.282 e. The van der Waals surface area contributed by atoms with E-state index in [-0.39, 0.29) is 10.2 Å². The SMILES string of the molecule is Cc1nn(C)c(C)c1NS(=O)(=O)c1ncn(C)c1Cl. The number of aromatic nitrogens is 4. The molecule has 0 aromatic carbocycles. The van der Waals surface area contributed by atoms with Crippen molar-refractivity contribution >= 4 is 27.3 Å². The molecule has 0 fully saturated rings. The van der Waals surface area contributed by atoms with Crippen molar-refractivity contribution in [3.63, 3.8) is 0 Å². The highest BCUT2D eigenvalue weighted by molar-refractivity contribution is 7.92. The molecule has 7 nitrogen and oxygen atoms in total. The lowest BCUT2D eigenvalue weighted by atomic mass is 10.3. The second-order valence-corrected chi connectivity index (χ2v) is 6.18. The summed E-state index contributed by atoms with van der Waals surface area (Å²) in [4.78, 5) is 3.80. The highest BCUT2D eigenvalue weighted by Gasteiger charge is 2.24. The van der Waals surface area contributed by atoms with Gasteiger partial charge >= 0.3 is 0 Å². The first kappa shape index (κ1) is 13.9. The molecule has 2 aromatic rings. The number of rotatable bonds is 3. The number of nitrogens with one attached hydrogen (secondary N) is 1. The Morgan fingerprint density at radius 3 is 2.37 bits per heavy atom. The van der Waals surface area contributed by atoms with Crippen LogP contribution in [0.4, 0.5) is 5.69 Å². The van der Waals surface area contributed by atoms with Crippen LogP contribution < -0.4 is 4.72 Å². The van der Waals surface area contributed by atoms with E-state index >= 15 is 0 Å². The van der Waals surface area contributed by atoms with Crippen molar-refractivity contribution in [2.75, 3.05) is 4.72 Å². The lowest BCUT2D eigenvalue weighted by molar-refractivity contribution is 0.598. The van der Waals surface area contributed by atoms with Crippen molar-refractivity contribution in [2.24, 2.45) is 14.1 Å². The van der Waals surface area contributed by atoms with Crippen LogP contribution in [0.3, 0.4) is 0 Å². The Labute approximate surface area is 116 Å². The minimum Gasteiger partial charge on any atom is -0.324 e. The molecule has 2 rings (SSSR count). The first-order valence-electron chi connectivity index (χ1n) is 5.44. The normalized spacial score (nSPS) is 11.8.